The second-order valence-electron chi connectivity index (χ2n) is 7.89. The minimum Gasteiger partial charge on any atom is -0.354 e. The van der Waals surface area contributed by atoms with Crippen LogP contribution >= 0.6 is 11.6 Å². The normalized spacial score (nSPS) is 24.8. The van der Waals surface area contributed by atoms with E-state index in [1.807, 2.05) is 0 Å². The zero-order valence-corrected chi connectivity index (χ0v) is 13.9. The number of alkyl halides is 1. The lowest BCUT2D eigenvalue weighted by Crippen LogP contribution is -2.43. The van der Waals surface area contributed by atoms with Crippen molar-refractivity contribution in [3.8, 4) is 0 Å². The predicted octanol–water partition coefficient (Wildman–Crippen LogP) is 4.36. The Kier molecular flexibility index (Phi) is 5.73. The minimum atomic E-state index is 0.0238. The van der Waals surface area contributed by atoms with Crippen molar-refractivity contribution < 1.29 is 4.79 Å². The number of rotatable bonds is 4. The zero-order valence-electron chi connectivity index (χ0n) is 13.2. The van der Waals surface area contributed by atoms with Gasteiger partial charge in [0.2, 0.25) is 5.91 Å². The Balaban J connectivity index is 2.42. The van der Waals surface area contributed by atoms with Crippen LogP contribution in [0.15, 0.2) is 0 Å². The van der Waals surface area contributed by atoms with Crippen molar-refractivity contribution in [3.05, 3.63) is 0 Å². The van der Waals surface area contributed by atoms with Gasteiger partial charge in [-0.25, -0.2) is 0 Å². The molecule has 2 atom stereocenters. The molecule has 0 aromatic heterocycles. The maximum absolute atomic E-state index is 12.3. The molecule has 0 saturated heterocycles. The molecule has 0 spiro atoms. The highest BCUT2D eigenvalue weighted by atomic mass is 35.5. The Labute approximate surface area is 123 Å². The van der Waals surface area contributed by atoms with Crippen LogP contribution in [-0.2, 0) is 4.79 Å². The monoisotopic (exact) mass is 287 g/mol. The summed E-state index contributed by atoms with van der Waals surface area (Å²) >= 11 is 6.30. The van der Waals surface area contributed by atoms with Crippen molar-refractivity contribution in [3.63, 3.8) is 0 Å². The number of carbonyl (C=O) groups is 1. The molecular weight excluding hydrogens is 258 g/mol. The standard InChI is InChI=1S/C16H30ClNO/c1-15(2,3)10-12(17)11-18-14(19)13-8-6-7-9-16(13,4)5/h12-13H,6-11H2,1-5H3,(H,18,19). The zero-order chi connectivity index (χ0) is 14.7. The Hall–Kier alpha value is -0.240. The van der Waals surface area contributed by atoms with Crippen LogP contribution in [0.1, 0.15) is 66.7 Å². The van der Waals surface area contributed by atoms with Crippen molar-refractivity contribution >= 4 is 17.5 Å². The fraction of sp³-hybridized carbons (Fsp3) is 0.938. The van der Waals surface area contributed by atoms with E-state index in [0.717, 1.165) is 19.3 Å². The quantitative estimate of drug-likeness (QED) is 0.765. The summed E-state index contributed by atoms with van der Waals surface area (Å²) in [7, 11) is 0. The number of carbonyl (C=O) groups excluding carboxylic acids is 1. The van der Waals surface area contributed by atoms with Gasteiger partial charge in [-0.3, -0.25) is 4.79 Å². The largest absolute Gasteiger partial charge is 0.354 e. The summed E-state index contributed by atoms with van der Waals surface area (Å²) in [4.78, 5) is 12.3. The Bertz CT molecular complexity index is 306. The van der Waals surface area contributed by atoms with Crippen LogP contribution in [0.2, 0.25) is 0 Å². The summed E-state index contributed by atoms with van der Waals surface area (Å²) in [5, 5.41) is 3.08. The molecule has 1 rings (SSSR count). The van der Waals surface area contributed by atoms with Crippen molar-refractivity contribution in [2.75, 3.05) is 6.54 Å². The highest BCUT2D eigenvalue weighted by Gasteiger charge is 2.37. The fourth-order valence-corrected chi connectivity index (χ4v) is 3.59. The molecule has 3 heteroatoms. The van der Waals surface area contributed by atoms with Crippen LogP contribution in [0.4, 0.5) is 0 Å². The third kappa shape index (κ3) is 5.72. The molecular formula is C16H30ClNO. The van der Waals surface area contributed by atoms with E-state index in [2.05, 4.69) is 39.9 Å². The number of hydrogen-bond donors (Lipinski definition) is 1. The molecule has 0 heterocycles. The molecule has 1 aliphatic rings. The van der Waals surface area contributed by atoms with Crippen LogP contribution in [0.25, 0.3) is 0 Å². The van der Waals surface area contributed by atoms with Gasteiger partial charge in [-0.2, -0.15) is 0 Å². The first-order valence-corrected chi connectivity index (χ1v) is 7.97. The molecule has 2 unspecified atom stereocenters. The summed E-state index contributed by atoms with van der Waals surface area (Å²) in [6, 6.07) is 0. The van der Waals surface area contributed by atoms with E-state index < -0.39 is 0 Å². The summed E-state index contributed by atoms with van der Waals surface area (Å²) in [5.74, 6) is 0.351. The van der Waals surface area contributed by atoms with Crippen molar-refractivity contribution in [2.45, 2.75) is 72.1 Å². The van der Waals surface area contributed by atoms with E-state index in [1.165, 1.54) is 12.8 Å². The number of nitrogens with one attached hydrogen (secondary N) is 1. The van der Waals surface area contributed by atoms with Gasteiger partial charge < -0.3 is 5.32 Å². The Morgan fingerprint density at radius 2 is 2.00 bits per heavy atom. The lowest BCUT2D eigenvalue weighted by atomic mass is 9.68. The van der Waals surface area contributed by atoms with Crippen molar-refractivity contribution in [1.82, 2.24) is 5.32 Å². The molecule has 0 aromatic rings. The molecule has 0 aromatic carbocycles. The smallest absolute Gasteiger partial charge is 0.223 e. The minimum absolute atomic E-state index is 0.0238. The van der Waals surface area contributed by atoms with E-state index in [4.69, 9.17) is 11.6 Å². The molecule has 1 aliphatic carbocycles. The van der Waals surface area contributed by atoms with E-state index in [1.54, 1.807) is 0 Å². The molecule has 1 saturated carbocycles. The number of hydrogen-bond acceptors (Lipinski definition) is 1. The molecule has 1 fully saturated rings. The first-order valence-electron chi connectivity index (χ1n) is 7.54. The van der Waals surface area contributed by atoms with Crippen molar-refractivity contribution in [2.24, 2.45) is 16.7 Å². The Morgan fingerprint density at radius 3 is 2.53 bits per heavy atom. The first-order chi connectivity index (χ1) is 8.62. The van der Waals surface area contributed by atoms with Gasteiger partial charge in [0.15, 0.2) is 0 Å². The van der Waals surface area contributed by atoms with Gasteiger partial charge in [-0.15, -0.1) is 11.6 Å². The predicted molar refractivity (Wildman–Crippen MR) is 82.5 cm³/mol. The maximum atomic E-state index is 12.3. The van der Waals surface area contributed by atoms with E-state index in [0.29, 0.717) is 6.54 Å². The second-order valence-corrected chi connectivity index (χ2v) is 8.51. The SMILES string of the molecule is CC(C)(C)CC(Cl)CNC(=O)C1CCCCC1(C)C. The summed E-state index contributed by atoms with van der Waals surface area (Å²) < 4.78 is 0. The van der Waals surface area contributed by atoms with Gasteiger partial charge in [0.25, 0.3) is 0 Å². The summed E-state index contributed by atoms with van der Waals surface area (Å²) in [6.45, 7) is 11.5. The lowest BCUT2D eigenvalue weighted by Gasteiger charge is -2.37. The van der Waals surface area contributed by atoms with Gasteiger partial charge in [-0.1, -0.05) is 47.5 Å². The number of halogens is 1. The third-order valence-electron chi connectivity index (χ3n) is 4.16. The molecule has 1 amide bonds. The lowest BCUT2D eigenvalue weighted by molar-refractivity contribution is -0.130. The Morgan fingerprint density at radius 1 is 1.37 bits per heavy atom. The summed E-state index contributed by atoms with van der Waals surface area (Å²) in [5.41, 5.74) is 0.343. The first kappa shape index (κ1) is 16.8. The van der Waals surface area contributed by atoms with Gasteiger partial charge >= 0.3 is 0 Å². The molecule has 2 nitrogen and oxygen atoms in total. The molecule has 19 heavy (non-hydrogen) atoms. The van der Waals surface area contributed by atoms with E-state index in [9.17, 15) is 4.79 Å². The van der Waals surface area contributed by atoms with Crippen LogP contribution in [0.5, 0.6) is 0 Å². The van der Waals surface area contributed by atoms with Gasteiger partial charge in [0, 0.05) is 12.5 Å². The highest BCUT2D eigenvalue weighted by molar-refractivity contribution is 6.20. The van der Waals surface area contributed by atoms with Crippen LogP contribution < -0.4 is 5.32 Å². The van der Waals surface area contributed by atoms with Crippen molar-refractivity contribution in [1.29, 1.82) is 0 Å². The topological polar surface area (TPSA) is 29.1 Å². The van der Waals surface area contributed by atoms with Crippen LogP contribution in [0, 0.1) is 16.7 Å². The van der Waals surface area contributed by atoms with E-state index in [-0.39, 0.29) is 28.0 Å². The number of amides is 1. The average Bonchev–Trinajstić information content (AvgIpc) is 2.23. The molecule has 0 radical (unpaired) electrons. The second kappa shape index (κ2) is 6.47. The van der Waals surface area contributed by atoms with Gasteiger partial charge in [0.1, 0.15) is 0 Å². The molecule has 1 N–H and O–H groups in total. The molecule has 112 valence electrons. The summed E-state index contributed by atoms with van der Waals surface area (Å²) in [6.07, 6.45) is 5.51. The fourth-order valence-electron chi connectivity index (χ4n) is 3.05. The molecule has 0 aliphatic heterocycles. The third-order valence-corrected chi connectivity index (χ3v) is 4.46. The van der Waals surface area contributed by atoms with Crippen LogP contribution in [0.3, 0.4) is 0 Å². The van der Waals surface area contributed by atoms with Gasteiger partial charge in [0.05, 0.1) is 5.38 Å². The van der Waals surface area contributed by atoms with E-state index >= 15 is 0 Å². The van der Waals surface area contributed by atoms with Crippen LogP contribution in [-0.4, -0.2) is 17.8 Å². The average molecular weight is 288 g/mol. The van der Waals surface area contributed by atoms with Gasteiger partial charge in [-0.05, 0) is 30.1 Å². The highest BCUT2D eigenvalue weighted by Crippen LogP contribution is 2.40. The molecule has 0 bridgehead atoms. The maximum Gasteiger partial charge on any atom is 0.223 e.